The van der Waals surface area contributed by atoms with Crippen molar-refractivity contribution in [3.05, 3.63) is 30.0 Å². The molecule has 0 amide bonds. The lowest BCUT2D eigenvalue weighted by atomic mass is 9.89. The van der Waals surface area contributed by atoms with Crippen molar-refractivity contribution in [1.29, 1.82) is 0 Å². The Balaban J connectivity index is 2.01. The zero-order valence-electron chi connectivity index (χ0n) is 14.2. The molecule has 0 saturated heterocycles. The third kappa shape index (κ3) is 3.63. The molecule has 0 atom stereocenters. The average Bonchev–Trinajstić information content (AvgIpc) is 2.85. The van der Waals surface area contributed by atoms with Gasteiger partial charge in [-0.3, -0.25) is 0 Å². The number of aromatic nitrogens is 1. The van der Waals surface area contributed by atoms with E-state index >= 15 is 0 Å². The first kappa shape index (κ1) is 16.6. The number of hydrogen-bond acceptors (Lipinski definition) is 2. The van der Waals surface area contributed by atoms with Gasteiger partial charge in [-0.05, 0) is 49.4 Å². The largest absolute Gasteiger partial charge is 0.344 e. The highest BCUT2D eigenvalue weighted by molar-refractivity contribution is 7.90. The Hall–Kier alpha value is -1.29. The molecule has 0 bridgehead atoms. The molecule has 1 heterocycles. The maximum Gasteiger partial charge on any atom is 0.175 e. The van der Waals surface area contributed by atoms with Crippen molar-refractivity contribution in [1.82, 2.24) is 4.57 Å². The van der Waals surface area contributed by atoms with E-state index in [4.69, 9.17) is 0 Å². The SMILES string of the molecule is CCCc1cc2cc(S(C)(=O)=O)ccc2n1CC1CCCCC1. The molecule has 1 aromatic heterocycles. The van der Waals surface area contributed by atoms with Crippen LogP contribution in [0.2, 0.25) is 0 Å². The van der Waals surface area contributed by atoms with E-state index in [1.807, 2.05) is 12.1 Å². The maximum atomic E-state index is 11.8. The minimum absolute atomic E-state index is 0.419. The summed E-state index contributed by atoms with van der Waals surface area (Å²) in [5, 5.41) is 1.06. The van der Waals surface area contributed by atoms with Gasteiger partial charge in [-0.25, -0.2) is 8.42 Å². The molecular weight excluding hydrogens is 306 g/mol. The zero-order chi connectivity index (χ0) is 16.4. The van der Waals surface area contributed by atoms with Gasteiger partial charge in [0.05, 0.1) is 4.90 Å². The molecule has 3 nitrogen and oxygen atoms in total. The molecule has 4 heteroatoms. The summed E-state index contributed by atoms with van der Waals surface area (Å²) in [6, 6.07) is 7.77. The van der Waals surface area contributed by atoms with Gasteiger partial charge in [0.15, 0.2) is 9.84 Å². The summed E-state index contributed by atoms with van der Waals surface area (Å²) in [7, 11) is -3.15. The number of rotatable bonds is 5. The van der Waals surface area contributed by atoms with Crippen molar-refractivity contribution in [3.8, 4) is 0 Å². The van der Waals surface area contributed by atoms with Gasteiger partial charge in [0.1, 0.15) is 0 Å². The molecule has 3 rings (SSSR count). The van der Waals surface area contributed by atoms with Crippen LogP contribution in [0.5, 0.6) is 0 Å². The predicted octanol–water partition coefficient (Wildman–Crippen LogP) is 4.58. The Bertz CT molecular complexity index is 783. The minimum Gasteiger partial charge on any atom is -0.344 e. The van der Waals surface area contributed by atoms with E-state index in [1.165, 1.54) is 49.6 Å². The summed E-state index contributed by atoms with van der Waals surface area (Å²) in [5.41, 5.74) is 2.53. The van der Waals surface area contributed by atoms with Crippen LogP contribution in [-0.4, -0.2) is 19.2 Å². The summed E-state index contributed by atoms with van der Waals surface area (Å²) in [4.78, 5) is 0.419. The molecule has 1 saturated carbocycles. The molecule has 1 aliphatic rings. The van der Waals surface area contributed by atoms with Crippen LogP contribution in [-0.2, 0) is 22.8 Å². The fraction of sp³-hybridized carbons (Fsp3) is 0.579. The summed E-state index contributed by atoms with van der Waals surface area (Å²) in [6.07, 6.45) is 10.2. The van der Waals surface area contributed by atoms with E-state index in [2.05, 4.69) is 17.6 Å². The fourth-order valence-electron chi connectivity index (χ4n) is 3.84. The molecule has 1 fully saturated rings. The second-order valence-corrected chi connectivity index (χ2v) is 9.01. The Morgan fingerprint density at radius 2 is 1.87 bits per heavy atom. The Morgan fingerprint density at radius 1 is 1.13 bits per heavy atom. The summed E-state index contributed by atoms with van der Waals surface area (Å²) in [5.74, 6) is 0.768. The lowest BCUT2D eigenvalue weighted by molar-refractivity contribution is 0.320. The Kier molecular flexibility index (Phi) is 4.81. The third-order valence-electron chi connectivity index (χ3n) is 5.06. The van der Waals surface area contributed by atoms with Crippen molar-refractivity contribution < 1.29 is 8.42 Å². The Morgan fingerprint density at radius 3 is 2.52 bits per heavy atom. The van der Waals surface area contributed by atoms with Crippen molar-refractivity contribution in [2.24, 2.45) is 5.92 Å². The van der Waals surface area contributed by atoms with Crippen LogP contribution in [0.25, 0.3) is 10.9 Å². The van der Waals surface area contributed by atoms with Gasteiger partial charge in [-0.2, -0.15) is 0 Å². The minimum atomic E-state index is -3.15. The van der Waals surface area contributed by atoms with Crippen LogP contribution < -0.4 is 0 Å². The van der Waals surface area contributed by atoms with Crippen molar-refractivity contribution in [3.63, 3.8) is 0 Å². The molecule has 23 heavy (non-hydrogen) atoms. The molecule has 0 radical (unpaired) electrons. The normalized spacial score (nSPS) is 17.0. The van der Waals surface area contributed by atoms with E-state index in [0.717, 1.165) is 30.7 Å². The zero-order valence-corrected chi connectivity index (χ0v) is 15.0. The van der Waals surface area contributed by atoms with Crippen LogP contribution >= 0.6 is 0 Å². The van der Waals surface area contributed by atoms with Gasteiger partial charge in [0, 0.05) is 29.4 Å². The number of sulfone groups is 1. The number of nitrogens with zero attached hydrogens (tertiary/aromatic N) is 1. The van der Waals surface area contributed by atoms with E-state index in [1.54, 1.807) is 6.07 Å². The van der Waals surface area contributed by atoms with Gasteiger partial charge >= 0.3 is 0 Å². The molecule has 1 aromatic carbocycles. The first-order valence-electron chi connectivity index (χ1n) is 8.81. The van der Waals surface area contributed by atoms with Crippen molar-refractivity contribution in [2.75, 3.05) is 6.26 Å². The van der Waals surface area contributed by atoms with Crippen LogP contribution in [0, 0.1) is 5.92 Å². The predicted molar refractivity (Wildman–Crippen MR) is 95.6 cm³/mol. The Labute approximate surface area is 139 Å². The van der Waals surface area contributed by atoms with Crippen LogP contribution in [0.3, 0.4) is 0 Å². The standard InChI is InChI=1S/C19H27NO2S/c1-3-7-17-12-16-13-18(23(2,21)22)10-11-19(16)20(17)14-15-8-5-4-6-9-15/h10-13,15H,3-9,14H2,1-2H3. The van der Waals surface area contributed by atoms with E-state index in [0.29, 0.717) is 4.90 Å². The van der Waals surface area contributed by atoms with Crippen molar-refractivity contribution in [2.45, 2.75) is 63.3 Å². The first-order valence-corrected chi connectivity index (χ1v) is 10.7. The number of aryl methyl sites for hydroxylation is 1. The molecule has 0 N–H and O–H groups in total. The summed E-state index contributed by atoms with van der Waals surface area (Å²) < 4.78 is 26.1. The molecular formula is C19H27NO2S. The molecule has 1 aliphatic carbocycles. The molecule has 2 aromatic rings. The highest BCUT2D eigenvalue weighted by atomic mass is 32.2. The molecule has 0 aliphatic heterocycles. The van der Waals surface area contributed by atoms with Gasteiger partial charge in [0.2, 0.25) is 0 Å². The molecule has 126 valence electrons. The summed E-state index contributed by atoms with van der Waals surface area (Å²) in [6.45, 7) is 3.28. The van der Waals surface area contributed by atoms with Crippen LogP contribution in [0.4, 0.5) is 0 Å². The molecule has 0 spiro atoms. The van der Waals surface area contributed by atoms with Gasteiger partial charge in [0.25, 0.3) is 0 Å². The monoisotopic (exact) mass is 333 g/mol. The van der Waals surface area contributed by atoms with Crippen LogP contribution in [0.15, 0.2) is 29.2 Å². The highest BCUT2D eigenvalue weighted by Crippen LogP contribution is 2.30. The van der Waals surface area contributed by atoms with Crippen molar-refractivity contribution >= 4 is 20.7 Å². The third-order valence-corrected chi connectivity index (χ3v) is 6.17. The maximum absolute atomic E-state index is 11.8. The number of hydrogen-bond donors (Lipinski definition) is 0. The summed E-state index contributed by atoms with van der Waals surface area (Å²) >= 11 is 0. The molecule has 0 unspecified atom stereocenters. The van der Waals surface area contributed by atoms with Gasteiger partial charge in [-0.15, -0.1) is 0 Å². The highest BCUT2D eigenvalue weighted by Gasteiger charge is 2.18. The second kappa shape index (κ2) is 6.68. The van der Waals surface area contributed by atoms with E-state index < -0.39 is 9.84 Å². The van der Waals surface area contributed by atoms with Gasteiger partial charge < -0.3 is 4.57 Å². The first-order chi connectivity index (χ1) is 11.0. The number of fused-ring (bicyclic) bond motifs is 1. The second-order valence-electron chi connectivity index (χ2n) is 6.99. The van der Waals surface area contributed by atoms with Gasteiger partial charge in [-0.1, -0.05) is 32.6 Å². The average molecular weight is 333 g/mol. The van der Waals surface area contributed by atoms with E-state index in [9.17, 15) is 8.42 Å². The van der Waals surface area contributed by atoms with E-state index in [-0.39, 0.29) is 0 Å². The fourth-order valence-corrected chi connectivity index (χ4v) is 4.50. The van der Waals surface area contributed by atoms with Crippen LogP contribution in [0.1, 0.15) is 51.1 Å². The number of benzene rings is 1. The quantitative estimate of drug-likeness (QED) is 0.803. The lowest BCUT2D eigenvalue weighted by Gasteiger charge is -2.23. The smallest absolute Gasteiger partial charge is 0.175 e. The lowest BCUT2D eigenvalue weighted by Crippen LogP contribution is -2.15. The topological polar surface area (TPSA) is 39.1 Å².